The number of halogens is 4. The van der Waals surface area contributed by atoms with Crippen molar-refractivity contribution in [3.8, 4) is 0 Å². The highest BCUT2D eigenvalue weighted by Gasteiger charge is 2.46. The van der Waals surface area contributed by atoms with E-state index in [1.807, 2.05) is 0 Å². The number of anilines is 2. The number of amides is 1. The number of nitrogens with one attached hydrogen (secondary N) is 1. The first-order chi connectivity index (χ1) is 13.2. The maximum Gasteiger partial charge on any atom is 0.276 e. The number of pyridine rings is 1. The molecule has 2 aromatic rings. The zero-order valence-corrected chi connectivity index (χ0v) is 15.0. The fraction of sp³-hybridized carbons (Fsp3) is 0.235. The molecule has 28 heavy (non-hydrogen) atoms. The van der Waals surface area contributed by atoms with Gasteiger partial charge < -0.3 is 21.5 Å². The summed E-state index contributed by atoms with van der Waals surface area (Å²) in [4.78, 5) is 20.0. The van der Waals surface area contributed by atoms with Gasteiger partial charge in [0.15, 0.2) is 11.2 Å². The predicted molar refractivity (Wildman–Crippen MR) is 98.1 cm³/mol. The van der Waals surface area contributed by atoms with E-state index in [1.54, 1.807) is 0 Å². The normalized spacial score (nSPS) is 19.4. The molecule has 1 aromatic carbocycles. The molecule has 2 heterocycles. The van der Waals surface area contributed by atoms with Crippen LogP contribution in [0.15, 0.2) is 35.5 Å². The van der Waals surface area contributed by atoms with Crippen LogP contribution in [-0.2, 0) is 10.3 Å². The van der Waals surface area contributed by atoms with E-state index in [4.69, 9.17) is 27.8 Å². The van der Waals surface area contributed by atoms with E-state index in [0.717, 1.165) is 12.1 Å². The summed E-state index contributed by atoms with van der Waals surface area (Å²) in [7, 11) is 0. The minimum atomic E-state index is -3.10. The summed E-state index contributed by atoms with van der Waals surface area (Å²) in [5, 5.41) is 2.68. The number of nitrogen functional groups attached to an aromatic ring is 1. The van der Waals surface area contributed by atoms with Crippen LogP contribution in [0.1, 0.15) is 16.1 Å². The molecule has 1 aliphatic rings. The number of benzene rings is 1. The van der Waals surface area contributed by atoms with Gasteiger partial charge in [-0.25, -0.2) is 18.2 Å². The van der Waals surface area contributed by atoms with Gasteiger partial charge in [-0.1, -0.05) is 11.6 Å². The second-order valence-corrected chi connectivity index (χ2v) is 6.50. The number of amidine groups is 1. The third kappa shape index (κ3) is 3.73. The smallest absolute Gasteiger partial charge is 0.276 e. The van der Waals surface area contributed by atoms with Crippen molar-refractivity contribution in [1.29, 1.82) is 0 Å². The van der Waals surface area contributed by atoms with E-state index in [2.05, 4.69) is 15.3 Å². The molecule has 3 rings (SSSR count). The third-order valence-electron chi connectivity index (χ3n) is 4.07. The maximum atomic E-state index is 14.4. The molecule has 0 bridgehead atoms. The zero-order chi connectivity index (χ0) is 20.5. The topological polar surface area (TPSA) is 116 Å². The van der Waals surface area contributed by atoms with Gasteiger partial charge in [-0.15, -0.1) is 0 Å². The van der Waals surface area contributed by atoms with Gasteiger partial charge in [-0.3, -0.25) is 9.79 Å². The lowest BCUT2D eigenvalue weighted by atomic mass is 9.90. The Morgan fingerprint density at radius 2 is 2.07 bits per heavy atom. The first-order valence-electron chi connectivity index (χ1n) is 7.95. The summed E-state index contributed by atoms with van der Waals surface area (Å²) in [6.45, 7) is -0.695. The summed E-state index contributed by atoms with van der Waals surface area (Å²) in [6.07, 6.45) is -1.87. The Balaban J connectivity index is 1.97. The molecule has 0 fully saturated rings. The Hall–Kier alpha value is -2.85. The van der Waals surface area contributed by atoms with Crippen LogP contribution in [0.3, 0.4) is 0 Å². The molecule has 7 nitrogen and oxygen atoms in total. The molecule has 1 atom stereocenters. The van der Waals surface area contributed by atoms with Crippen LogP contribution in [0, 0.1) is 5.82 Å². The molecule has 1 unspecified atom stereocenters. The lowest BCUT2D eigenvalue weighted by molar-refractivity contribution is -0.0145. The first-order valence-corrected chi connectivity index (χ1v) is 8.33. The van der Waals surface area contributed by atoms with E-state index in [0.29, 0.717) is 0 Å². The highest BCUT2D eigenvalue weighted by atomic mass is 35.5. The fourth-order valence-corrected chi connectivity index (χ4v) is 2.94. The number of aliphatic imine (C=N–C) groups is 1. The monoisotopic (exact) mass is 413 g/mol. The Morgan fingerprint density at radius 3 is 2.71 bits per heavy atom. The Morgan fingerprint density at radius 1 is 1.32 bits per heavy atom. The highest BCUT2D eigenvalue weighted by Crippen LogP contribution is 2.38. The van der Waals surface area contributed by atoms with Crippen LogP contribution < -0.4 is 16.8 Å². The zero-order valence-electron chi connectivity index (χ0n) is 14.3. The molecule has 11 heteroatoms. The number of carbonyl (C=O) groups excluding carboxylic acids is 1. The minimum absolute atomic E-state index is 0.0226. The molecule has 1 amide bonds. The third-order valence-corrected chi connectivity index (χ3v) is 4.27. The van der Waals surface area contributed by atoms with Crippen LogP contribution in [0.4, 0.5) is 24.5 Å². The number of hydrogen-bond acceptors (Lipinski definition) is 6. The average Bonchev–Trinajstić information content (AvgIpc) is 2.62. The summed E-state index contributed by atoms with van der Waals surface area (Å²) in [5.41, 5.74) is 8.40. The Labute approximate surface area is 162 Å². The van der Waals surface area contributed by atoms with Crippen LogP contribution in [0.5, 0.6) is 0 Å². The molecule has 0 saturated carbocycles. The highest BCUT2D eigenvalue weighted by molar-refractivity contribution is 6.30. The first kappa shape index (κ1) is 19.9. The van der Waals surface area contributed by atoms with Gasteiger partial charge in [-0.05, 0) is 24.3 Å². The van der Waals surface area contributed by atoms with Gasteiger partial charge in [0.25, 0.3) is 12.3 Å². The van der Waals surface area contributed by atoms with Crippen molar-refractivity contribution in [1.82, 2.24) is 4.98 Å². The standard InChI is InChI=1S/C17H15ClF3N5O2/c18-8-3-12(22)14(24-5-8)15(27)25-9-1-2-11(19)10(4-9)17(16(20)21)7-28-6-13(23)26-17/h1-5,16H,6-7,22H2,(H2,23,26)(H,25,27). The number of rotatable bonds is 4. The van der Waals surface area contributed by atoms with Gasteiger partial charge in [0.2, 0.25) is 0 Å². The summed E-state index contributed by atoms with van der Waals surface area (Å²) < 4.78 is 47.1. The molecule has 5 N–H and O–H groups in total. The second kappa shape index (κ2) is 7.64. The van der Waals surface area contributed by atoms with E-state index < -0.39 is 35.9 Å². The number of nitrogens with zero attached hydrogens (tertiary/aromatic N) is 2. The minimum Gasteiger partial charge on any atom is -0.397 e. The summed E-state index contributed by atoms with van der Waals surface area (Å²) in [5.74, 6) is -1.84. The number of ether oxygens (including phenoxy) is 1. The van der Waals surface area contributed by atoms with Crippen molar-refractivity contribution in [3.63, 3.8) is 0 Å². The van der Waals surface area contributed by atoms with E-state index >= 15 is 0 Å². The van der Waals surface area contributed by atoms with Crippen LogP contribution >= 0.6 is 11.6 Å². The van der Waals surface area contributed by atoms with Gasteiger partial charge in [0.05, 0.1) is 17.3 Å². The van der Waals surface area contributed by atoms with Crippen LogP contribution in [0.25, 0.3) is 0 Å². The Bertz CT molecular complexity index is 956. The Kier molecular flexibility index (Phi) is 5.43. The molecule has 1 aliphatic heterocycles. The quantitative estimate of drug-likeness (QED) is 0.712. The van der Waals surface area contributed by atoms with E-state index in [-0.39, 0.29) is 34.5 Å². The molecule has 0 spiro atoms. The van der Waals surface area contributed by atoms with Gasteiger partial charge in [-0.2, -0.15) is 0 Å². The molecule has 0 radical (unpaired) electrons. The average molecular weight is 414 g/mol. The molecular weight excluding hydrogens is 399 g/mol. The second-order valence-electron chi connectivity index (χ2n) is 6.06. The molecule has 148 valence electrons. The van der Waals surface area contributed by atoms with Crippen molar-refractivity contribution in [3.05, 3.63) is 52.6 Å². The number of alkyl halides is 2. The SMILES string of the molecule is NC1=NC(c2cc(NC(=O)c3ncc(Cl)cc3N)ccc2F)(C(F)F)COC1. The number of carbonyl (C=O) groups is 1. The fourth-order valence-electron chi connectivity index (χ4n) is 2.77. The molecule has 0 aliphatic carbocycles. The predicted octanol–water partition coefficient (Wildman–Crippen LogP) is 2.56. The summed E-state index contributed by atoms with van der Waals surface area (Å²) >= 11 is 5.74. The van der Waals surface area contributed by atoms with E-state index in [9.17, 15) is 18.0 Å². The largest absolute Gasteiger partial charge is 0.397 e. The molecule has 1 aromatic heterocycles. The van der Waals surface area contributed by atoms with Crippen molar-refractivity contribution < 1.29 is 22.7 Å². The summed E-state index contributed by atoms with van der Waals surface area (Å²) in [6, 6.07) is 4.53. The molecular formula is C17H15ClF3N5O2. The van der Waals surface area contributed by atoms with Crippen molar-refractivity contribution in [2.45, 2.75) is 12.0 Å². The number of hydrogen-bond donors (Lipinski definition) is 3. The van der Waals surface area contributed by atoms with Crippen molar-refractivity contribution >= 4 is 34.7 Å². The lowest BCUT2D eigenvalue weighted by Crippen LogP contribution is -2.45. The van der Waals surface area contributed by atoms with Crippen LogP contribution in [-0.4, -0.2) is 36.4 Å². The number of nitrogens with two attached hydrogens (primary N) is 2. The van der Waals surface area contributed by atoms with Crippen LogP contribution in [0.2, 0.25) is 5.02 Å². The molecule has 0 saturated heterocycles. The van der Waals surface area contributed by atoms with Crippen molar-refractivity contribution in [2.24, 2.45) is 10.7 Å². The van der Waals surface area contributed by atoms with Gasteiger partial charge in [0, 0.05) is 17.4 Å². The number of aromatic nitrogens is 1. The van der Waals surface area contributed by atoms with Crippen molar-refractivity contribution in [2.75, 3.05) is 24.3 Å². The lowest BCUT2D eigenvalue weighted by Gasteiger charge is -2.33. The van der Waals surface area contributed by atoms with Gasteiger partial charge in [0.1, 0.15) is 18.3 Å². The van der Waals surface area contributed by atoms with Gasteiger partial charge >= 0.3 is 0 Å². The van der Waals surface area contributed by atoms with E-state index in [1.165, 1.54) is 18.3 Å². The maximum absolute atomic E-state index is 14.4.